The van der Waals surface area contributed by atoms with E-state index in [9.17, 15) is 18.5 Å². The molecule has 1 fully saturated rings. The van der Waals surface area contributed by atoms with E-state index >= 15 is 0 Å². The fraction of sp³-hybridized carbons (Fsp3) is 0.500. The van der Waals surface area contributed by atoms with Gasteiger partial charge in [-0.25, -0.2) is 8.42 Å². The van der Waals surface area contributed by atoms with Crippen LogP contribution in [0.2, 0.25) is 0 Å². The second-order valence-corrected chi connectivity index (χ2v) is 6.88. The molecule has 2 N–H and O–H groups in total. The molecule has 0 aliphatic carbocycles. The van der Waals surface area contributed by atoms with Gasteiger partial charge < -0.3 is 10.5 Å². The van der Waals surface area contributed by atoms with Crippen molar-refractivity contribution < 1.29 is 18.1 Å². The van der Waals surface area contributed by atoms with Crippen molar-refractivity contribution in [1.82, 2.24) is 4.31 Å². The highest BCUT2D eigenvalue weighted by Gasteiger charge is 2.33. The van der Waals surface area contributed by atoms with Crippen LogP contribution in [-0.4, -0.2) is 43.9 Å². The van der Waals surface area contributed by atoms with Gasteiger partial charge in [-0.2, -0.15) is 4.31 Å². The first-order valence-corrected chi connectivity index (χ1v) is 7.89. The lowest BCUT2D eigenvalue weighted by Crippen LogP contribution is -2.34. The maximum atomic E-state index is 12.5. The van der Waals surface area contributed by atoms with Gasteiger partial charge in [-0.05, 0) is 25.0 Å². The van der Waals surface area contributed by atoms with Crippen LogP contribution in [0.15, 0.2) is 23.1 Å². The molecule has 1 aromatic carbocycles. The third kappa shape index (κ3) is 3.14. The van der Waals surface area contributed by atoms with Crippen molar-refractivity contribution in [3.63, 3.8) is 0 Å². The second-order valence-electron chi connectivity index (χ2n) is 4.87. The lowest BCUT2D eigenvalue weighted by molar-refractivity contribution is -0.386. The fourth-order valence-electron chi connectivity index (χ4n) is 2.28. The van der Waals surface area contributed by atoms with Crippen molar-refractivity contribution in [3.05, 3.63) is 28.3 Å². The number of nitrogens with zero attached hydrogens (tertiary/aromatic N) is 2. The highest BCUT2D eigenvalue weighted by molar-refractivity contribution is 7.89. The summed E-state index contributed by atoms with van der Waals surface area (Å²) in [4.78, 5) is 9.90. The fourth-order valence-corrected chi connectivity index (χ4v) is 3.67. The van der Waals surface area contributed by atoms with Crippen LogP contribution in [0.1, 0.15) is 12.8 Å². The number of benzene rings is 1. The monoisotopic (exact) mass is 315 g/mol. The van der Waals surface area contributed by atoms with Gasteiger partial charge in [0, 0.05) is 20.2 Å². The first-order chi connectivity index (χ1) is 9.84. The summed E-state index contributed by atoms with van der Waals surface area (Å²) in [7, 11) is -2.61. The van der Waals surface area contributed by atoms with Gasteiger partial charge in [-0.3, -0.25) is 10.1 Å². The number of rotatable bonds is 5. The smallest absolute Gasteiger partial charge is 0.312 e. The van der Waals surface area contributed by atoms with Crippen molar-refractivity contribution in [2.24, 2.45) is 0 Å². The molecule has 0 aromatic heterocycles. The molecule has 8 nitrogen and oxygen atoms in total. The number of nitro groups is 1. The predicted octanol–water partition coefficient (Wildman–Crippen LogP) is 0.977. The molecule has 0 saturated carbocycles. The Morgan fingerprint density at radius 2 is 2.24 bits per heavy atom. The molecular formula is C12H17N3O5S. The number of nitro benzene ring substituents is 1. The van der Waals surface area contributed by atoms with Gasteiger partial charge in [-0.15, -0.1) is 0 Å². The standard InChI is InChI=1S/C12H17N3O5S/c1-14(8-9-4-3-7-20-9)21(18,19)11-6-2-5-10(13)12(11)15(16)17/h2,5-6,9H,3-4,7-8,13H2,1H3. The van der Waals surface area contributed by atoms with Gasteiger partial charge in [0.2, 0.25) is 10.0 Å². The molecule has 21 heavy (non-hydrogen) atoms. The van der Waals surface area contributed by atoms with E-state index < -0.39 is 25.5 Å². The first-order valence-electron chi connectivity index (χ1n) is 6.45. The van der Waals surface area contributed by atoms with E-state index in [1.165, 1.54) is 25.2 Å². The number of anilines is 1. The molecule has 1 atom stereocenters. The van der Waals surface area contributed by atoms with Crippen LogP contribution in [0.5, 0.6) is 0 Å². The molecule has 1 aliphatic rings. The van der Waals surface area contributed by atoms with Crippen LogP contribution < -0.4 is 5.73 Å². The Kier molecular flexibility index (Phi) is 4.45. The number of ether oxygens (including phenoxy) is 1. The van der Waals surface area contributed by atoms with Gasteiger partial charge >= 0.3 is 5.69 Å². The minimum Gasteiger partial charge on any atom is -0.393 e. The number of likely N-dealkylation sites (N-methyl/N-ethyl adjacent to an activating group) is 1. The van der Waals surface area contributed by atoms with Crippen LogP contribution in [-0.2, 0) is 14.8 Å². The molecule has 1 aliphatic heterocycles. The number of nitrogen functional groups attached to an aromatic ring is 1. The largest absolute Gasteiger partial charge is 0.393 e. The van der Waals surface area contributed by atoms with Crippen molar-refractivity contribution in [2.75, 3.05) is 25.9 Å². The summed E-state index contributed by atoms with van der Waals surface area (Å²) >= 11 is 0. The van der Waals surface area contributed by atoms with Crippen LogP contribution in [0.4, 0.5) is 11.4 Å². The van der Waals surface area contributed by atoms with Crippen molar-refractivity contribution >= 4 is 21.4 Å². The lowest BCUT2D eigenvalue weighted by Gasteiger charge is -2.20. The van der Waals surface area contributed by atoms with E-state index in [-0.39, 0.29) is 18.3 Å². The van der Waals surface area contributed by atoms with E-state index in [1.54, 1.807) is 0 Å². The molecule has 0 amide bonds. The van der Waals surface area contributed by atoms with Crippen LogP contribution in [0, 0.1) is 10.1 Å². The molecule has 1 unspecified atom stereocenters. The summed E-state index contributed by atoms with van der Waals surface area (Å²) in [5.74, 6) is 0. The molecule has 1 saturated heterocycles. The maximum Gasteiger partial charge on any atom is 0.312 e. The molecule has 0 radical (unpaired) electrons. The summed E-state index contributed by atoms with van der Waals surface area (Å²) in [5, 5.41) is 11.1. The molecular weight excluding hydrogens is 298 g/mol. The Balaban J connectivity index is 2.34. The highest BCUT2D eigenvalue weighted by atomic mass is 32.2. The van der Waals surface area contributed by atoms with Gasteiger partial charge in [0.25, 0.3) is 0 Å². The molecule has 2 rings (SSSR count). The van der Waals surface area contributed by atoms with E-state index in [4.69, 9.17) is 10.5 Å². The Morgan fingerprint density at radius 1 is 1.52 bits per heavy atom. The minimum atomic E-state index is -3.99. The number of para-hydroxylation sites is 1. The average Bonchev–Trinajstić information content (AvgIpc) is 2.90. The topological polar surface area (TPSA) is 116 Å². The molecule has 1 heterocycles. The SMILES string of the molecule is CN(CC1CCCO1)S(=O)(=O)c1cccc(N)c1[N+](=O)[O-]. The maximum absolute atomic E-state index is 12.5. The average molecular weight is 315 g/mol. The van der Waals surface area contributed by atoms with E-state index in [2.05, 4.69) is 0 Å². The number of hydrogen-bond donors (Lipinski definition) is 1. The summed E-state index contributed by atoms with van der Waals surface area (Å²) < 4.78 is 31.5. The first kappa shape index (κ1) is 15.7. The van der Waals surface area contributed by atoms with Crippen molar-refractivity contribution in [3.8, 4) is 0 Å². The van der Waals surface area contributed by atoms with Crippen LogP contribution in [0.25, 0.3) is 0 Å². The molecule has 116 valence electrons. The van der Waals surface area contributed by atoms with Gasteiger partial charge in [0.1, 0.15) is 5.69 Å². The summed E-state index contributed by atoms with van der Waals surface area (Å²) in [5.41, 5.74) is 4.77. The zero-order valence-corrected chi connectivity index (χ0v) is 12.4. The van der Waals surface area contributed by atoms with Crippen molar-refractivity contribution in [2.45, 2.75) is 23.8 Å². The normalized spacial score (nSPS) is 19.0. The summed E-state index contributed by atoms with van der Waals surface area (Å²) in [6.45, 7) is 0.769. The van der Waals surface area contributed by atoms with E-state index in [0.717, 1.165) is 17.1 Å². The molecule has 0 spiro atoms. The zero-order chi connectivity index (χ0) is 15.6. The lowest BCUT2D eigenvalue weighted by atomic mass is 10.2. The summed E-state index contributed by atoms with van der Waals surface area (Å²) in [6.07, 6.45) is 1.49. The summed E-state index contributed by atoms with van der Waals surface area (Å²) in [6, 6.07) is 3.88. The van der Waals surface area contributed by atoms with Gasteiger partial charge in [-0.1, -0.05) is 6.07 Å². The third-order valence-electron chi connectivity index (χ3n) is 3.39. The molecule has 1 aromatic rings. The quantitative estimate of drug-likeness (QED) is 0.492. The third-order valence-corrected chi connectivity index (χ3v) is 5.24. The Labute approximate surface area is 122 Å². The number of sulfonamides is 1. The van der Waals surface area contributed by atoms with Crippen LogP contribution in [0.3, 0.4) is 0 Å². The predicted molar refractivity (Wildman–Crippen MR) is 76.3 cm³/mol. The van der Waals surface area contributed by atoms with Gasteiger partial charge in [0.05, 0.1) is 11.0 Å². The van der Waals surface area contributed by atoms with E-state index in [0.29, 0.717) is 6.61 Å². The Hall–Kier alpha value is -1.71. The van der Waals surface area contributed by atoms with Gasteiger partial charge in [0.15, 0.2) is 4.90 Å². The highest BCUT2D eigenvalue weighted by Crippen LogP contribution is 2.31. The van der Waals surface area contributed by atoms with Crippen molar-refractivity contribution in [1.29, 1.82) is 0 Å². The van der Waals surface area contributed by atoms with E-state index in [1.807, 2.05) is 0 Å². The molecule has 9 heteroatoms. The number of nitrogens with two attached hydrogens (primary N) is 1. The Morgan fingerprint density at radius 3 is 2.81 bits per heavy atom. The second kappa shape index (κ2) is 5.96. The minimum absolute atomic E-state index is 0.161. The van der Waals surface area contributed by atoms with Crippen LogP contribution >= 0.6 is 0 Å². The number of hydrogen-bond acceptors (Lipinski definition) is 6. The Bertz CT molecular complexity index is 640. The molecule has 0 bridgehead atoms. The zero-order valence-electron chi connectivity index (χ0n) is 11.6.